The number of hydrogen-bond acceptors (Lipinski definition) is 6. The van der Waals surface area contributed by atoms with Gasteiger partial charge >= 0.3 is 6.36 Å². The lowest BCUT2D eigenvalue weighted by atomic mass is 9.97. The van der Waals surface area contributed by atoms with Crippen LogP contribution < -0.4 is 15.2 Å². The van der Waals surface area contributed by atoms with Crippen LogP contribution in [0.15, 0.2) is 47.3 Å². The lowest BCUT2D eigenvalue weighted by Crippen LogP contribution is -2.58. The van der Waals surface area contributed by atoms with Crippen LogP contribution in [0.25, 0.3) is 15.9 Å². The van der Waals surface area contributed by atoms with Crippen molar-refractivity contribution in [3.63, 3.8) is 0 Å². The second-order valence-corrected chi connectivity index (χ2v) is 9.23. The van der Waals surface area contributed by atoms with Crippen molar-refractivity contribution in [3.8, 4) is 5.75 Å². The molecule has 0 radical (unpaired) electrons. The van der Waals surface area contributed by atoms with Gasteiger partial charge in [-0.15, -0.1) is 18.2 Å². The molecule has 0 saturated carbocycles. The Hall–Kier alpha value is -3.62. The van der Waals surface area contributed by atoms with E-state index in [1.54, 1.807) is 31.3 Å². The highest BCUT2D eigenvalue weighted by Gasteiger charge is 2.36. The van der Waals surface area contributed by atoms with Crippen LogP contribution in [-0.4, -0.2) is 57.7 Å². The van der Waals surface area contributed by atoms with Gasteiger partial charge in [0.15, 0.2) is 0 Å². The van der Waals surface area contributed by atoms with Gasteiger partial charge in [-0.1, -0.05) is 18.7 Å². The molecule has 3 atom stereocenters. The predicted molar refractivity (Wildman–Crippen MR) is 134 cm³/mol. The Labute approximate surface area is 212 Å². The molecular weight excluding hydrogens is 487 g/mol. The number of ether oxygens (including phenoxy) is 1. The van der Waals surface area contributed by atoms with E-state index in [4.69, 9.17) is 6.57 Å². The summed E-state index contributed by atoms with van der Waals surface area (Å²) in [5, 5.41) is 9.81. The molecule has 1 aromatic carbocycles. The summed E-state index contributed by atoms with van der Waals surface area (Å²) in [6.07, 6.45) is -4.29. The molecule has 0 amide bonds. The van der Waals surface area contributed by atoms with Crippen molar-refractivity contribution in [1.29, 1.82) is 0 Å². The van der Waals surface area contributed by atoms with Gasteiger partial charge in [0.1, 0.15) is 5.75 Å². The number of alkyl halides is 3. The normalized spacial score (nSPS) is 19.6. The fourth-order valence-electron chi connectivity index (χ4n) is 5.00. The zero-order valence-corrected chi connectivity index (χ0v) is 20.7. The summed E-state index contributed by atoms with van der Waals surface area (Å²) < 4.78 is 43.1. The molecule has 1 fully saturated rings. The average molecular weight is 516 g/mol. The molecule has 1 saturated heterocycles. The first kappa shape index (κ1) is 26.4. The number of aliphatic hydroxyl groups is 1. The first-order valence-corrected chi connectivity index (χ1v) is 11.9. The van der Waals surface area contributed by atoms with Crippen molar-refractivity contribution in [2.24, 2.45) is 7.05 Å². The molecule has 0 spiro atoms. The van der Waals surface area contributed by atoms with E-state index in [1.165, 1.54) is 22.8 Å². The van der Waals surface area contributed by atoms with Crippen LogP contribution in [0.1, 0.15) is 31.9 Å². The van der Waals surface area contributed by atoms with Gasteiger partial charge in [0, 0.05) is 50.9 Å². The second kappa shape index (κ2) is 10.4. The molecule has 0 aliphatic carbocycles. The Morgan fingerprint density at radius 1 is 1.22 bits per heavy atom. The number of benzene rings is 1. The Kier molecular flexibility index (Phi) is 7.43. The molecule has 0 bridgehead atoms. The highest BCUT2D eigenvalue weighted by molar-refractivity contribution is 5.89. The van der Waals surface area contributed by atoms with Gasteiger partial charge in [0.25, 0.3) is 11.4 Å². The maximum atomic E-state index is 12.8. The Morgan fingerprint density at radius 3 is 2.54 bits per heavy atom. The summed E-state index contributed by atoms with van der Waals surface area (Å²) in [5.41, 5.74) is 2.45. The molecule has 1 unspecified atom stereocenters. The van der Waals surface area contributed by atoms with Gasteiger partial charge in [-0.3, -0.25) is 9.69 Å². The zero-order chi connectivity index (χ0) is 26.9. The van der Waals surface area contributed by atoms with E-state index in [9.17, 15) is 23.1 Å². The third-order valence-electron chi connectivity index (χ3n) is 6.92. The van der Waals surface area contributed by atoms with Crippen LogP contribution in [0.5, 0.6) is 5.75 Å². The minimum Gasteiger partial charge on any atom is -0.406 e. The lowest BCUT2D eigenvalue weighted by Gasteiger charge is -2.48. The number of rotatable bonds is 6. The minimum absolute atomic E-state index is 0.0497. The Morgan fingerprint density at radius 2 is 1.92 bits per heavy atom. The number of piperazine rings is 1. The molecule has 1 aliphatic heterocycles. The number of nitrogens with zero attached hydrogens (tertiary/aromatic N) is 5. The SMILES string of the molecule is [C-]#[N+]c1ccc2c(n1)c(N1C[C@@H](CCO)N(C(C)c3ccc(OC(F)(F)F)cc3)C[C@@H]1C)cc(=O)n2C. The van der Waals surface area contributed by atoms with Crippen molar-refractivity contribution in [2.45, 2.75) is 44.8 Å². The van der Waals surface area contributed by atoms with Crippen molar-refractivity contribution >= 4 is 22.5 Å². The quantitative estimate of drug-likeness (QED) is 0.491. The van der Waals surface area contributed by atoms with Crippen LogP contribution in [-0.2, 0) is 7.05 Å². The number of aromatic nitrogens is 2. The van der Waals surface area contributed by atoms with Crippen LogP contribution >= 0.6 is 0 Å². The monoisotopic (exact) mass is 515 g/mol. The van der Waals surface area contributed by atoms with Gasteiger partial charge in [-0.2, -0.15) is 0 Å². The first-order chi connectivity index (χ1) is 17.5. The molecule has 8 nitrogen and oxygen atoms in total. The summed E-state index contributed by atoms with van der Waals surface area (Å²) in [6.45, 7) is 12.4. The molecule has 1 aliphatic rings. The Balaban J connectivity index is 1.65. The molecule has 37 heavy (non-hydrogen) atoms. The van der Waals surface area contributed by atoms with Crippen LogP contribution in [0, 0.1) is 6.57 Å². The average Bonchev–Trinajstić information content (AvgIpc) is 2.86. The number of hydrogen-bond donors (Lipinski definition) is 1. The first-order valence-electron chi connectivity index (χ1n) is 11.9. The molecule has 3 aromatic rings. The van der Waals surface area contributed by atoms with E-state index >= 15 is 0 Å². The van der Waals surface area contributed by atoms with Crippen molar-refractivity contribution in [1.82, 2.24) is 14.5 Å². The maximum Gasteiger partial charge on any atom is 0.573 e. The molecule has 196 valence electrons. The van der Waals surface area contributed by atoms with E-state index in [-0.39, 0.29) is 41.9 Å². The standard InChI is InChI=1S/C26H28F3N5O3/c1-16-14-34(17(2)18-5-7-20(8-6-18)37-26(27,28)29)19(11-12-35)15-33(16)22-13-24(36)32(4)21-9-10-23(30-3)31-25(21)22/h5-10,13,16-17,19,35H,11-12,14-15H2,1-2,4H3/t16-,17?,19+/m0/s1. The van der Waals surface area contributed by atoms with E-state index < -0.39 is 6.36 Å². The zero-order valence-electron chi connectivity index (χ0n) is 20.7. The fourth-order valence-corrected chi connectivity index (χ4v) is 5.00. The maximum absolute atomic E-state index is 12.8. The van der Waals surface area contributed by atoms with E-state index in [0.29, 0.717) is 36.2 Å². The summed E-state index contributed by atoms with van der Waals surface area (Å²) in [7, 11) is 1.66. The van der Waals surface area contributed by atoms with Crippen LogP contribution in [0.2, 0.25) is 0 Å². The van der Waals surface area contributed by atoms with E-state index in [2.05, 4.69) is 24.4 Å². The molecule has 3 heterocycles. The summed E-state index contributed by atoms with van der Waals surface area (Å²) >= 11 is 0. The fraction of sp³-hybridized carbons (Fsp3) is 0.423. The van der Waals surface area contributed by atoms with E-state index in [1.807, 2.05) is 13.8 Å². The molecule has 4 rings (SSSR count). The molecular formula is C26H28F3N5O3. The van der Waals surface area contributed by atoms with Gasteiger partial charge in [-0.25, -0.2) is 0 Å². The lowest BCUT2D eigenvalue weighted by molar-refractivity contribution is -0.274. The highest BCUT2D eigenvalue weighted by atomic mass is 19.4. The number of pyridine rings is 2. The summed E-state index contributed by atoms with van der Waals surface area (Å²) in [5.74, 6) is -0.0467. The van der Waals surface area contributed by atoms with Gasteiger partial charge in [0.05, 0.1) is 11.2 Å². The smallest absolute Gasteiger partial charge is 0.406 e. The highest BCUT2D eigenvalue weighted by Crippen LogP contribution is 2.34. The third kappa shape index (κ3) is 5.55. The summed E-state index contributed by atoms with van der Waals surface area (Å²) in [4.78, 5) is 25.0. The number of fused-ring (bicyclic) bond motifs is 1. The summed E-state index contributed by atoms with van der Waals surface area (Å²) in [6, 6.07) is 10.4. The number of aliphatic hydroxyl groups excluding tert-OH is 1. The van der Waals surface area contributed by atoms with Crippen molar-refractivity contribution < 1.29 is 23.0 Å². The Bertz CT molecular complexity index is 1370. The van der Waals surface area contributed by atoms with Gasteiger partial charge in [0.2, 0.25) is 5.52 Å². The third-order valence-corrected chi connectivity index (χ3v) is 6.92. The topological polar surface area (TPSA) is 75.2 Å². The van der Waals surface area contributed by atoms with E-state index in [0.717, 1.165) is 5.56 Å². The number of aryl methyl sites for hydroxylation is 1. The molecule has 2 aromatic heterocycles. The predicted octanol–water partition coefficient (Wildman–Crippen LogP) is 4.41. The second-order valence-electron chi connectivity index (χ2n) is 9.23. The largest absolute Gasteiger partial charge is 0.573 e. The van der Waals surface area contributed by atoms with Gasteiger partial charge in [-0.05, 0) is 50.1 Å². The van der Waals surface area contributed by atoms with Gasteiger partial charge < -0.3 is 24.2 Å². The number of anilines is 1. The molecule has 1 N–H and O–H groups in total. The van der Waals surface area contributed by atoms with Crippen LogP contribution in [0.3, 0.4) is 0 Å². The molecule has 11 heteroatoms. The van der Waals surface area contributed by atoms with Crippen LogP contribution in [0.4, 0.5) is 24.7 Å². The number of halogens is 3. The van der Waals surface area contributed by atoms with Crippen molar-refractivity contribution in [3.05, 3.63) is 69.8 Å². The van der Waals surface area contributed by atoms with Crippen molar-refractivity contribution in [2.75, 3.05) is 24.6 Å². The minimum atomic E-state index is -4.75.